The SMILES string of the molecule is O=C(CNS(=O)(=O)c1ccccc1)N/N=C\c1ccc(OC(=O)c2ccccc2F)cc1. The third-order valence-corrected chi connectivity index (χ3v) is 5.48. The minimum Gasteiger partial charge on any atom is -0.423 e. The molecule has 0 radical (unpaired) electrons. The van der Waals surface area contributed by atoms with E-state index in [2.05, 4.69) is 15.2 Å². The lowest BCUT2D eigenvalue weighted by Gasteiger charge is -2.06. The van der Waals surface area contributed by atoms with Crippen molar-refractivity contribution in [2.75, 3.05) is 6.54 Å². The van der Waals surface area contributed by atoms with Crippen LogP contribution >= 0.6 is 0 Å². The Morgan fingerprint density at radius 2 is 1.59 bits per heavy atom. The lowest BCUT2D eigenvalue weighted by molar-refractivity contribution is -0.119. The second-order valence-electron chi connectivity index (χ2n) is 6.37. The van der Waals surface area contributed by atoms with Crippen molar-refractivity contribution in [1.82, 2.24) is 10.1 Å². The molecule has 3 aromatic rings. The molecular weight excluding hydrogens is 437 g/mol. The number of hydrogen-bond acceptors (Lipinski definition) is 6. The van der Waals surface area contributed by atoms with Gasteiger partial charge in [0.2, 0.25) is 10.0 Å². The van der Waals surface area contributed by atoms with E-state index in [1.54, 1.807) is 30.3 Å². The first-order valence-corrected chi connectivity index (χ1v) is 10.8. The zero-order valence-corrected chi connectivity index (χ0v) is 17.4. The summed E-state index contributed by atoms with van der Waals surface area (Å²) < 4.78 is 45.1. The molecule has 0 aliphatic rings. The first kappa shape index (κ1) is 22.8. The predicted molar refractivity (Wildman–Crippen MR) is 115 cm³/mol. The van der Waals surface area contributed by atoms with Gasteiger partial charge in [-0.05, 0) is 54.1 Å². The molecule has 0 unspecified atom stereocenters. The fourth-order valence-corrected chi connectivity index (χ4v) is 3.48. The number of amides is 1. The molecule has 0 aromatic heterocycles. The summed E-state index contributed by atoms with van der Waals surface area (Å²) in [5.74, 6) is -1.95. The zero-order chi connectivity index (χ0) is 23.0. The van der Waals surface area contributed by atoms with Crippen LogP contribution in [0, 0.1) is 5.82 Å². The third-order valence-electron chi connectivity index (χ3n) is 4.06. The molecule has 3 aromatic carbocycles. The summed E-state index contributed by atoms with van der Waals surface area (Å²) in [6, 6.07) is 19.2. The molecule has 0 heterocycles. The minimum atomic E-state index is -3.80. The highest BCUT2D eigenvalue weighted by atomic mass is 32.2. The van der Waals surface area contributed by atoms with Crippen LogP contribution < -0.4 is 14.9 Å². The highest BCUT2D eigenvalue weighted by molar-refractivity contribution is 7.89. The lowest BCUT2D eigenvalue weighted by atomic mass is 10.2. The number of sulfonamides is 1. The van der Waals surface area contributed by atoms with E-state index in [9.17, 15) is 22.4 Å². The molecule has 0 aliphatic heterocycles. The number of nitrogens with zero attached hydrogens (tertiary/aromatic N) is 1. The molecule has 0 spiro atoms. The van der Waals surface area contributed by atoms with Crippen molar-refractivity contribution in [2.45, 2.75) is 4.90 Å². The van der Waals surface area contributed by atoms with Gasteiger partial charge in [0.15, 0.2) is 0 Å². The Kier molecular flexibility index (Phi) is 7.42. The van der Waals surface area contributed by atoms with Gasteiger partial charge in [0, 0.05) is 0 Å². The maximum absolute atomic E-state index is 13.6. The molecule has 0 aliphatic carbocycles. The summed E-state index contributed by atoms with van der Waals surface area (Å²) in [5.41, 5.74) is 2.60. The van der Waals surface area contributed by atoms with Crippen LogP contribution in [0.4, 0.5) is 4.39 Å². The van der Waals surface area contributed by atoms with Crippen LogP contribution in [0.15, 0.2) is 88.9 Å². The topological polar surface area (TPSA) is 114 Å². The summed E-state index contributed by atoms with van der Waals surface area (Å²) in [5, 5.41) is 3.75. The average Bonchev–Trinajstić information content (AvgIpc) is 2.80. The lowest BCUT2D eigenvalue weighted by Crippen LogP contribution is -2.34. The maximum atomic E-state index is 13.6. The summed E-state index contributed by atoms with van der Waals surface area (Å²) in [6.07, 6.45) is 1.33. The van der Waals surface area contributed by atoms with Crippen LogP contribution in [0.25, 0.3) is 0 Å². The van der Waals surface area contributed by atoms with Crippen molar-refractivity contribution in [1.29, 1.82) is 0 Å². The first-order chi connectivity index (χ1) is 15.3. The largest absolute Gasteiger partial charge is 0.423 e. The van der Waals surface area contributed by atoms with E-state index in [1.807, 2.05) is 0 Å². The van der Waals surface area contributed by atoms with Crippen LogP contribution in [0.5, 0.6) is 5.75 Å². The number of hydrogen-bond donors (Lipinski definition) is 2. The monoisotopic (exact) mass is 455 g/mol. The molecular formula is C22H18FN3O5S. The maximum Gasteiger partial charge on any atom is 0.346 e. The molecule has 164 valence electrons. The molecule has 32 heavy (non-hydrogen) atoms. The number of esters is 1. The Bertz CT molecular complexity index is 1230. The fraction of sp³-hybridized carbons (Fsp3) is 0.0455. The number of carbonyl (C=O) groups excluding carboxylic acids is 2. The Hall–Kier alpha value is -3.89. The van der Waals surface area contributed by atoms with Crippen LogP contribution in [0.3, 0.4) is 0 Å². The number of hydrazone groups is 1. The zero-order valence-electron chi connectivity index (χ0n) is 16.6. The van der Waals surface area contributed by atoms with Gasteiger partial charge in [-0.3, -0.25) is 4.79 Å². The quantitative estimate of drug-likeness (QED) is 0.234. The summed E-state index contributed by atoms with van der Waals surface area (Å²) >= 11 is 0. The van der Waals surface area contributed by atoms with Crippen molar-refractivity contribution in [3.63, 3.8) is 0 Å². The Balaban J connectivity index is 1.49. The van der Waals surface area contributed by atoms with E-state index in [1.165, 1.54) is 48.7 Å². The number of rotatable bonds is 8. The molecule has 3 rings (SSSR count). The Morgan fingerprint density at radius 1 is 0.938 bits per heavy atom. The molecule has 0 fully saturated rings. The van der Waals surface area contributed by atoms with Gasteiger partial charge in [-0.2, -0.15) is 5.10 Å². The molecule has 0 atom stereocenters. The van der Waals surface area contributed by atoms with Gasteiger partial charge in [-0.1, -0.05) is 30.3 Å². The summed E-state index contributed by atoms with van der Waals surface area (Å²) in [4.78, 5) is 23.9. The van der Waals surface area contributed by atoms with Crippen LogP contribution in [0.1, 0.15) is 15.9 Å². The summed E-state index contributed by atoms with van der Waals surface area (Å²) in [7, 11) is -3.80. The van der Waals surface area contributed by atoms with Crippen molar-refractivity contribution in [3.8, 4) is 5.75 Å². The van der Waals surface area contributed by atoms with Gasteiger partial charge in [0.25, 0.3) is 5.91 Å². The number of halogens is 1. The normalized spacial score (nSPS) is 11.3. The Labute approximate surface area is 183 Å². The second-order valence-corrected chi connectivity index (χ2v) is 8.14. The van der Waals surface area contributed by atoms with E-state index in [4.69, 9.17) is 4.74 Å². The standard InChI is InChI=1S/C22H18FN3O5S/c23-20-9-5-4-8-19(20)22(28)31-17-12-10-16(11-13-17)14-24-26-21(27)15-25-32(29,30)18-6-2-1-3-7-18/h1-14,25H,15H2,(H,26,27)/b24-14-. The van der Waals surface area contributed by atoms with Crippen LogP contribution in [-0.4, -0.2) is 33.1 Å². The molecule has 2 N–H and O–H groups in total. The number of ether oxygens (including phenoxy) is 1. The minimum absolute atomic E-state index is 0.0482. The van der Waals surface area contributed by atoms with Crippen LogP contribution in [-0.2, 0) is 14.8 Å². The average molecular weight is 455 g/mol. The number of nitrogens with one attached hydrogen (secondary N) is 2. The molecule has 0 bridgehead atoms. The van der Waals surface area contributed by atoms with Crippen molar-refractivity contribution < 1.29 is 27.1 Å². The summed E-state index contributed by atoms with van der Waals surface area (Å²) in [6.45, 7) is -0.487. The van der Waals surface area contributed by atoms with Gasteiger partial charge in [-0.25, -0.2) is 27.8 Å². The Morgan fingerprint density at radius 3 is 2.28 bits per heavy atom. The first-order valence-electron chi connectivity index (χ1n) is 9.28. The second kappa shape index (κ2) is 10.4. The van der Waals surface area contributed by atoms with Crippen LogP contribution in [0.2, 0.25) is 0 Å². The molecule has 0 saturated heterocycles. The number of carbonyl (C=O) groups is 2. The van der Waals surface area contributed by atoms with Crippen molar-refractivity contribution in [3.05, 3.63) is 95.8 Å². The van der Waals surface area contributed by atoms with E-state index < -0.39 is 34.3 Å². The van der Waals surface area contributed by atoms with E-state index >= 15 is 0 Å². The number of benzene rings is 3. The van der Waals surface area contributed by atoms with Gasteiger partial charge in [0.05, 0.1) is 23.2 Å². The van der Waals surface area contributed by atoms with Gasteiger partial charge in [-0.15, -0.1) is 0 Å². The van der Waals surface area contributed by atoms with E-state index in [-0.39, 0.29) is 16.2 Å². The van der Waals surface area contributed by atoms with Gasteiger partial charge >= 0.3 is 5.97 Å². The van der Waals surface area contributed by atoms with Crippen molar-refractivity contribution >= 4 is 28.1 Å². The highest BCUT2D eigenvalue weighted by Gasteiger charge is 2.15. The predicted octanol–water partition coefficient (Wildman–Crippen LogP) is 2.47. The molecule has 8 nitrogen and oxygen atoms in total. The smallest absolute Gasteiger partial charge is 0.346 e. The molecule has 10 heteroatoms. The van der Waals surface area contributed by atoms with Gasteiger partial charge in [0.1, 0.15) is 11.6 Å². The van der Waals surface area contributed by atoms with E-state index in [0.717, 1.165) is 6.07 Å². The fourth-order valence-electron chi connectivity index (χ4n) is 2.47. The third kappa shape index (κ3) is 6.30. The van der Waals surface area contributed by atoms with Crippen molar-refractivity contribution in [2.24, 2.45) is 5.10 Å². The molecule has 0 saturated carbocycles. The molecule has 1 amide bonds. The van der Waals surface area contributed by atoms with E-state index in [0.29, 0.717) is 5.56 Å². The highest BCUT2D eigenvalue weighted by Crippen LogP contribution is 2.15. The van der Waals surface area contributed by atoms with Gasteiger partial charge < -0.3 is 4.74 Å².